The Morgan fingerprint density at radius 3 is 2.88 bits per heavy atom. The maximum atomic E-state index is 11.1. The molecule has 1 amide bonds. The lowest BCUT2D eigenvalue weighted by atomic mass is 10.2. The summed E-state index contributed by atoms with van der Waals surface area (Å²) in [6, 6.07) is 5.08. The predicted molar refractivity (Wildman–Crippen MR) is 67.5 cm³/mol. The number of carboxylic acid groups (broad SMARTS) is 1. The minimum absolute atomic E-state index is 0.485. The van der Waals surface area contributed by atoms with E-state index in [1.807, 2.05) is 13.8 Å². The van der Waals surface area contributed by atoms with Crippen molar-refractivity contribution in [3.63, 3.8) is 0 Å². The highest BCUT2D eigenvalue weighted by Crippen LogP contribution is 2.24. The van der Waals surface area contributed by atoms with Gasteiger partial charge in [0.05, 0.1) is 24.8 Å². The van der Waals surface area contributed by atoms with Gasteiger partial charge < -0.3 is 9.84 Å². The van der Waals surface area contributed by atoms with Gasteiger partial charge in [0.25, 0.3) is 0 Å². The van der Waals surface area contributed by atoms with E-state index in [1.165, 1.54) is 12.5 Å². The van der Waals surface area contributed by atoms with E-state index >= 15 is 0 Å². The monoisotopic (exact) mass is 255 g/mol. The van der Waals surface area contributed by atoms with E-state index in [9.17, 15) is 4.79 Å². The van der Waals surface area contributed by atoms with Crippen LogP contribution in [0.25, 0.3) is 0 Å². The van der Waals surface area contributed by atoms with E-state index in [0.29, 0.717) is 17.3 Å². The molecule has 1 aromatic carbocycles. The summed E-state index contributed by atoms with van der Waals surface area (Å²) in [6.45, 7) is 4.12. The molecule has 0 aliphatic heterocycles. The summed E-state index contributed by atoms with van der Waals surface area (Å²) in [5.74, 6) is 0. The largest absolute Gasteiger partial charge is 0.500 e. The number of nitrogens with zero attached hydrogens (tertiary/aromatic N) is 1. The minimum Gasteiger partial charge on any atom is -0.500 e. The summed E-state index contributed by atoms with van der Waals surface area (Å²) in [5.41, 5.74) is 1.33. The van der Waals surface area contributed by atoms with Gasteiger partial charge in [0, 0.05) is 5.02 Å². The lowest BCUT2D eigenvalue weighted by molar-refractivity contribution is 0.203. The average molecular weight is 256 g/mol. The van der Waals surface area contributed by atoms with Crippen LogP contribution in [-0.4, -0.2) is 17.8 Å². The van der Waals surface area contributed by atoms with Gasteiger partial charge in [-0.2, -0.15) is 0 Å². The van der Waals surface area contributed by atoms with E-state index in [1.54, 1.807) is 18.2 Å². The van der Waals surface area contributed by atoms with E-state index in [4.69, 9.17) is 21.4 Å². The van der Waals surface area contributed by atoms with Crippen LogP contribution in [0, 0.1) is 6.92 Å². The first kappa shape index (κ1) is 13.4. The van der Waals surface area contributed by atoms with Gasteiger partial charge in [-0.05, 0) is 31.5 Å². The third-order valence-electron chi connectivity index (χ3n) is 2.11. The molecule has 0 aromatic heterocycles. The van der Waals surface area contributed by atoms with Crippen LogP contribution in [-0.2, 0) is 4.74 Å². The lowest BCUT2D eigenvalue weighted by Gasteiger charge is -2.17. The Morgan fingerprint density at radius 2 is 2.29 bits per heavy atom. The van der Waals surface area contributed by atoms with Crippen LogP contribution in [0.2, 0.25) is 5.02 Å². The van der Waals surface area contributed by atoms with E-state index in [-0.39, 0.29) is 0 Å². The topological polar surface area (TPSA) is 49.8 Å². The number of carbonyl (C=O) groups is 1. The van der Waals surface area contributed by atoms with Gasteiger partial charge in [-0.3, -0.25) is 0 Å². The van der Waals surface area contributed by atoms with Crippen molar-refractivity contribution in [2.45, 2.75) is 13.8 Å². The molecule has 4 nitrogen and oxygen atoms in total. The number of rotatable bonds is 4. The van der Waals surface area contributed by atoms with Crippen molar-refractivity contribution in [2.75, 3.05) is 11.5 Å². The Hall–Kier alpha value is -1.68. The van der Waals surface area contributed by atoms with Crippen molar-refractivity contribution >= 4 is 23.4 Å². The fraction of sp³-hybridized carbons (Fsp3) is 0.250. The van der Waals surface area contributed by atoms with Crippen LogP contribution >= 0.6 is 11.6 Å². The zero-order valence-corrected chi connectivity index (χ0v) is 10.4. The van der Waals surface area contributed by atoms with Crippen molar-refractivity contribution in [3.8, 4) is 0 Å². The third kappa shape index (κ3) is 3.67. The van der Waals surface area contributed by atoms with Crippen LogP contribution in [0.5, 0.6) is 0 Å². The molecule has 0 atom stereocenters. The van der Waals surface area contributed by atoms with Gasteiger partial charge in [0.15, 0.2) is 0 Å². The number of benzene rings is 1. The van der Waals surface area contributed by atoms with Crippen LogP contribution in [0.3, 0.4) is 0 Å². The van der Waals surface area contributed by atoms with Gasteiger partial charge in [-0.25, -0.2) is 9.69 Å². The first-order valence-corrected chi connectivity index (χ1v) is 5.50. The Labute approximate surface area is 105 Å². The van der Waals surface area contributed by atoms with Gasteiger partial charge >= 0.3 is 6.09 Å². The number of hydrogen-bond donors (Lipinski definition) is 1. The minimum atomic E-state index is -1.09. The Bertz CT molecular complexity index is 432. The van der Waals surface area contributed by atoms with Crippen molar-refractivity contribution in [1.29, 1.82) is 0 Å². The maximum absolute atomic E-state index is 11.1. The molecule has 1 aromatic rings. The van der Waals surface area contributed by atoms with Crippen molar-refractivity contribution in [1.82, 2.24) is 0 Å². The molecule has 0 saturated carbocycles. The molecule has 0 heterocycles. The van der Waals surface area contributed by atoms with Crippen LogP contribution < -0.4 is 4.90 Å². The molecule has 92 valence electrons. The third-order valence-corrected chi connectivity index (χ3v) is 2.34. The SMILES string of the molecule is CCO/C=C/N(C(=O)O)c1cc(Cl)ccc1C. The first-order valence-electron chi connectivity index (χ1n) is 5.12. The fourth-order valence-electron chi connectivity index (χ4n) is 1.29. The number of aryl methyl sites for hydroxylation is 1. The molecule has 17 heavy (non-hydrogen) atoms. The van der Waals surface area contributed by atoms with Crippen LogP contribution in [0.15, 0.2) is 30.7 Å². The highest BCUT2D eigenvalue weighted by atomic mass is 35.5. The molecule has 1 rings (SSSR count). The van der Waals surface area contributed by atoms with E-state index in [2.05, 4.69) is 0 Å². The highest BCUT2D eigenvalue weighted by Gasteiger charge is 2.14. The second kappa shape index (κ2) is 6.15. The van der Waals surface area contributed by atoms with Crippen molar-refractivity contribution < 1.29 is 14.6 Å². The number of ether oxygens (including phenoxy) is 1. The molecule has 0 spiro atoms. The van der Waals surface area contributed by atoms with Gasteiger partial charge in [-0.1, -0.05) is 17.7 Å². The molecule has 0 aliphatic carbocycles. The molecule has 1 N–H and O–H groups in total. The average Bonchev–Trinajstić information content (AvgIpc) is 2.28. The zero-order valence-electron chi connectivity index (χ0n) is 9.68. The summed E-state index contributed by atoms with van der Waals surface area (Å²) in [4.78, 5) is 12.2. The van der Waals surface area contributed by atoms with E-state index in [0.717, 1.165) is 10.5 Å². The predicted octanol–water partition coefficient (Wildman–Crippen LogP) is 3.64. The summed E-state index contributed by atoms with van der Waals surface area (Å²) >= 11 is 5.85. The lowest BCUT2D eigenvalue weighted by Crippen LogP contribution is -2.23. The van der Waals surface area contributed by atoms with Crippen LogP contribution in [0.1, 0.15) is 12.5 Å². The van der Waals surface area contributed by atoms with E-state index < -0.39 is 6.09 Å². The molecule has 0 unspecified atom stereocenters. The summed E-state index contributed by atoms with van der Waals surface area (Å²) in [5, 5.41) is 9.61. The number of halogens is 1. The first-order chi connectivity index (χ1) is 8.06. The smallest absolute Gasteiger partial charge is 0.416 e. The second-order valence-corrected chi connectivity index (χ2v) is 3.76. The maximum Gasteiger partial charge on any atom is 0.416 e. The quantitative estimate of drug-likeness (QED) is 0.836. The molecule has 0 radical (unpaired) electrons. The number of anilines is 1. The summed E-state index contributed by atoms with van der Waals surface area (Å²) in [7, 11) is 0. The van der Waals surface area contributed by atoms with Gasteiger partial charge in [-0.15, -0.1) is 0 Å². The highest BCUT2D eigenvalue weighted by molar-refractivity contribution is 6.31. The standard InChI is InChI=1S/C12H14ClNO3/c1-3-17-7-6-14(12(15)16)11-8-10(13)5-4-9(11)2/h4-8H,3H2,1-2H3,(H,15,16)/b7-6+. The molecular weight excluding hydrogens is 242 g/mol. The summed E-state index contributed by atoms with van der Waals surface area (Å²) in [6.07, 6.45) is 1.60. The Kier molecular flexibility index (Phi) is 4.84. The van der Waals surface area contributed by atoms with Gasteiger partial charge in [0.2, 0.25) is 0 Å². The summed E-state index contributed by atoms with van der Waals surface area (Å²) < 4.78 is 4.99. The Balaban J connectivity index is 3.05. The molecule has 0 aliphatic rings. The zero-order chi connectivity index (χ0) is 12.8. The fourth-order valence-corrected chi connectivity index (χ4v) is 1.46. The molecule has 5 heteroatoms. The second-order valence-electron chi connectivity index (χ2n) is 3.32. The number of amides is 1. The molecule has 0 fully saturated rings. The molecular formula is C12H14ClNO3. The Morgan fingerprint density at radius 1 is 1.59 bits per heavy atom. The normalized spacial score (nSPS) is 10.5. The molecule has 0 saturated heterocycles. The van der Waals surface area contributed by atoms with Gasteiger partial charge in [0.1, 0.15) is 0 Å². The van der Waals surface area contributed by atoms with Crippen molar-refractivity contribution in [2.24, 2.45) is 0 Å². The molecule has 0 bridgehead atoms. The van der Waals surface area contributed by atoms with Crippen molar-refractivity contribution in [3.05, 3.63) is 41.2 Å². The van der Waals surface area contributed by atoms with Crippen LogP contribution in [0.4, 0.5) is 10.5 Å². The number of hydrogen-bond acceptors (Lipinski definition) is 2.